The second-order valence-corrected chi connectivity index (χ2v) is 8.84. The smallest absolute Gasteiger partial charge is 0.195 e. The van der Waals surface area contributed by atoms with Crippen molar-refractivity contribution >= 4 is 27.3 Å². The Hall–Kier alpha value is -4.89. The maximum atomic E-state index is 14.7. The van der Waals surface area contributed by atoms with E-state index in [1.165, 1.54) is 0 Å². The summed E-state index contributed by atoms with van der Waals surface area (Å²) in [6, 6.07) is 37.7. The molecule has 0 heterocycles. The van der Waals surface area contributed by atoms with Gasteiger partial charge in [0.25, 0.3) is 0 Å². The molecule has 0 atom stereocenters. The normalized spacial score (nSPS) is 11.1. The first-order chi connectivity index (χ1) is 17.6. The van der Waals surface area contributed by atoms with Gasteiger partial charge in [0, 0.05) is 11.1 Å². The number of ketones is 1. The maximum absolute atomic E-state index is 14.7. The molecular weight excluding hydrogens is 444 g/mol. The van der Waals surface area contributed by atoms with E-state index in [1.807, 2.05) is 97.1 Å². The first-order valence-electron chi connectivity index (χ1n) is 11.8. The molecule has 6 aromatic rings. The number of rotatable bonds is 4. The van der Waals surface area contributed by atoms with E-state index in [-0.39, 0.29) is 17.3 Å². The van der Waals surface area contributed by atoms with Crippen LogP contribution in [0.4, 0.5) is 0 Å². The van der Waals surface area contributed by atoms with Crippen LogP contribution in [0.5, 0.6) is 11.5 Å². The predicted molar refractivity (Wildman–Crippen MR) is 146 cm³/mol. The number of hydrogen-bond donors (Lipinski definition) is 2. The van der Waals surface area contributed by atoms with Gasteiger partial charge >= 0.3 is 0 Å². The molecular formula is C33H22O3. The van der Waals surface area contributed by atoms with Gasteiger partial charge in [-0.2, -0.15) is 0 Å². The highest BCUT2D eigenvalue weighted by Gasteiger charge is 2.23. The monoisotopic (exact) mass is 466 g/mol. The van der Waals surface area contributed by atoms with Crippen molar-refractivity contribution in [2.75, 3.05) is 0 Å². The minimum absolute atomic E-state index is 0.0743. The highest BCUT2D eigenvalue weighted by atomic mass is 16.3. The molecule has 3 heteroatoms. The third-order valence-electron chi connectivity index (χ3n) is 6.67. The first kappa shape index (κ1) is 21.6. The molecule has 0 spiro atoms. The van der Waals surface area contributed by atoms with Gasteiger partial charge in [-0.1, -0.05) is 97.1 Å². The average molecular weight is 467 g/mol. The van der Waals surface area contributed by atoms with Crippen LogP contribution in [0.3, 0.4) is 0 Å². The van der Waals surface area contributed by atoms with Gasteiger partial charge in [-0.3, -0.25) is 4.79 Å². The quantitative estimate of drug-likeness (QED) is 0.259. The largest absolute Gasteiger partial charge is 0.508 e. The Morgan fingerprint density at radius 1 is 0.444 bits per heavy atom. The van der Waals surface area contributed by atoms with E-state index in [1.54, 1.807) is 24.3 Å². The zero-order chi connectivity index (χ0) is 24.6. The van der Waals surface area contributed by atoms with E-state index in [0.717, 1.165) is 43.8 Å². The molecule has 0 aromatic heterocycles. The molecule has 0 aliphatic rings. The maximum Gasteiger partial charge on any atom is 0.195 e. The lowest BCUT2D eigenvalue weighted by Gasteiger charge is -2.17. The standard InChI is InChI=1S/C33H22O3/c34-25-15-9-23(10-16-25)29-19-13-21-5-1-3-7-27(21)31(29)33(36)32-28-8-4-2-6-22(28)14-20-30(32)24-11-17-26(35)18-12-24/h1-20,34-35H. The Morgan fingerprint density at radius 3 is 1.25 bits per heavy atom. The average Bonchev–Trinajstić information content (AvgIpc) is 2.92. The predicted octanol–water partition coefficient (Wildman–Crippen LogP) is 7.97. The second-order valence-electron chi connectivity index (χ2n) is 8.84. The minimum atomic E-state index is -0.0743. The molecule has 0 unspecified atom stereocenters. The van der Waals surface area contributed by atoms with Crippen LogP contribution in [-0.4, -0.2) is 16.0 Å². The lowest BCUT2D eigenvalue weighted by atomic mass is 9.84. The van der Waals surface area contributed by atoms with Crippen molar-refractivity contribution in [1.29, 1.82) is 0 Å². The van der Waals surface area contributed by atoms with Gasteiger partial charge in [-0.15, -0.1) is 0 Å². The summed E-state index contributed by atoms with van der Waals surface area (Å²) in [6.07, 6.45) is 0. The molecule has 0 saturated heterocycles. The Kier molecular flexibility index (Phi) is 5.24. The summed E-state index contributed by atoms with van der Waals surface area (Å²) in [6.45, 7) is 0. The number of carbonyl (C=O) groups is 1. The van der Waals surface area contributed by atoms with Gasteiger partial charge in [-0.25, -0.2) is 0 Å². The van der Waals surface area contributed by atoms with Gasteiger partial charge < -0.3 is 10.2 Å². The van der Waals surface area contributed by atoms with Crippen molar-refractivity contribution < 1.29 is 15.0 Å². The van der Waals surface area contributed by atoms with E-state index in [9.17, 15) is 15.0 Å². The molecule has 0 aliphatic heterocycles. The van der Waals surface area contributed by atoms with Gasteiger partial charge in [0.15, 0.2) is 5.78 Å². The molecule has 2 N–H and O–H groups in total. The third-order valence-corrected chi connectivity index (χ3v) is 6.67. The number of aromatic hydroxyl groups is 2. The summed E-state index contributed by atoms with van der Waals surface area (Å²) < 4.78 is 0. The van der Waals surface area contributed by atoms with Crippen LogP contribution in [0.25, 0.3) is 43.8 Å². The number of hydrogen-bond acceptors (Lipinski definition) is 3. The van der Waals surface area contributed by atoms with Crippen molar-refractivity contribution in [1.82, 2.24) is 0 Å². The van der Waals surface area contributed by atoms with Crippen molar-refractivity contribution in [2.45, 2.75) is 0 Å². The molecule has 0 bridgehead atoms. The molecule has 172 valence electrons. The molecule has 0 fully saturated rings. The first-order valence-corrected chi connectivity index (χ1v) is 11.8. The second kappa shape index (κ2) is 8.71. The zero-order valence-corrected chi connectivity index (χ0v) is 19.3. The lowest BCUT2D eigenvalue weighted by Crippen LogP contribution is -2.08. The van der Waals surface area contributed by atoms with E-state index in [0.29, 0.717) is 11.1 Å². The number of benzene rings is 6. The van der Waals surface area contributed by atoms with Crippen LogP contribution >= 0.6 is 0 Å². The van der Waals surface area contributed by atoms with Gasteiger partial charge in [-0.05, 0) is 68.1 Å². The Bertz CT molecular complexity index is 1620. The fourth-order valence-corrected chi connectivity index (χ4v) is 4.92. The molecule has 6 rings (SSSR count). The van der Waals surface area contributed by atoms with Crippen molar-refractivity contribution in [2.24, 2.45) is 0 Å². The highest BCUT2D eigenvalue weighted by molar-refractivity contribution is 6.27. The van der Waals surface area contributed by atoms with E-state index in [2.05, 4.69) is 0 Å². The number of fused-ring (bicyclic) bond motifs is 2. The van der Waals surface area contributed by atoms with Crippen LogP contribution in [0.2, 0.25) is 0 Å². The van der Waals surface area contributed by atoms with E-state index < -0.39 is 0 Å². The Labute approximate surface area is 208 Å². The molecule has 3 nitrogen and oxygen atoms in total. The van der Waals surface area contributed by atoms with Crippen LogP contribution in [0.15, 0.2) is 121 Å². The number of carbonyl (C=O) groups excluding carboxylic acids is 1. The van der Waals surface area contributed by atoms with Crippen molar-refractivity contribution in [3.05, 3.63) is 132 Å². The molecule has 36 heavy (non-hydrogen) atoms. The van der Waals surface area contributed by atoms with Crippen LogP contribution in [0, 0.1) is 0 Å². The van der Waals surface area contributed by atoms with Crippen molar-refractivity contribution in [3.63, 3.8) is 0 Å². The van der Waals surface area contributed by atoms with E-state index >= 15 is 0 Å². The fraction of sp³-hybridized carbons (Fsp3) is 0. The van der Waals surface area contributed by atoms with Crippen LogP contribution < -0.4 is 0 Å². The summed E-state index contributed by atoms with van der Waals surface area (Å²) in [4.78, 5) is 14.7. The Morgan fingerprint density at radius 2 is 0.833 bits per heavy atom. The Balaban J connectivity index is 1.68. The molecule has 0 aliphatic carbocycles. The zero-order valence-electron chi connectivity index (χ0n) is 19.3. The van der Waals surface area contributed by atoms with Gasteiger partial charge in [0.05, 0.1) is 0 Å². The summed E-state index contributed by atoms with van der Waals surface area (Å²) in [5, 5.41) is 23.4. The SMILES string of the molecule is O=C(c1c(-c2ccc(O)cc2)ccc2ccccc12)c1c(-c2ccc(O)cc2)ccc2ccccc12. The highest BCUT2D eigenvalue weighted by Crippen LogP contribution is 2.38. The van der Waals surface area contributed by atoms with Crippen molar-refractivity contribution in [3.8, 4) is 33.8 Å². The van der Waals surface area contributed by atoms with Crippen LogP contribution in [0.1, 0.15) is 15.9 Å². The number of phenolic OH excluding ortho intramolecular Hbond substituents is 2. The topological polar surface area (TPSA) is 57.5 Å². The summed E-state index contributed by atoms with van der Waals surface area (Å²) in [5.41, 5.74) is 4.57. The summed E-state index contributed by atoms with van der Waals surface area (Å²) >= 11 is 0. The van der Waals surface area contributed by atoms with E-state index in [4.69, 9.17) is 0 Å². The number of phenols is 2. The van der Waals surface area contributed by atoms with Gasteiger partial charge in [0.1, 0.15) is 11.5 Å². The summed E-state index contributed by atoms with van der Waals surface area (Å²) in [5.74, 6) is 0.280. The van der Waals surface area contributed by atoms with Gasteiger partial charge in [0.2, 0.25) is 0 Å². The lowest BCUT2D eigenvalue weighted by molar-refractivity contribution is 0.104. The summed E-state index contributed by atoms with van der Waals surface area (Å²) in [7, 11) is 0. The molecule has 6 aromatic carbocycles. The molecule has 0 radical (unpaired) electrons. The minimum Gasteiger partial charge on any atom is -0.508 e. The van der Waals surface area contributed by atoms with Crippen LogP contribution in [-0.2, 0) is 0 Å². The molecule has 0 saturated carbocycles. The third kappa shape index (κ3) is 3.68. The fourth-order valence-electron chi connectivity index (χ4n) is 4.92. The molecule has 0 amide bonds.